The molecule has 9 heteroatoms. The molecule has 0 spiro atoms. The molecule has 2 aromatic rings. The van der Waals surface area contributed by atoms with Crippen molar-refractivity contribution in [2.75, 3.05) is 33.4 Å². The van der Waals surface area contributed by atoms with Gasteiger partial charge in [0.25, 0.3) is 10.0 Å². The average molecular weight is 408 g/mol. The first-order valence-electron chi connectivity index (χ1n) is 8.17. The largest absolute Gasteiger partial charge is 0.545 e. The van der Waals surface area contributed by atoms with Gasteiger partial charge in [0.1, 0.15) is 9.96 Å². The number of hydrogen-bond acceptors (Lipinski definition) is 7. The lowest BCUT2D eigenvalue weighted by molar-refractivity contribution is -0.295. The van der Waals surface area contributed by atoms with Crippen LogP contribution in [-0.4, -0.2) is 52.1 Å². The van der Waals surface area contributed by atoms with E-state index in [0.717, 1.165) is 11.3 Å². The number of carboxylic acid groups (broad SMARTS) is 1. The van der Waals surface area contributed by atoms with Gasteiger partial charge in [0.15, 0.2) is 0 Å². The van der Waals surface area contributed by atoms with Crippen molar-refractivity contribution >= 4 is 39.0 Å². The fourth-order valence-electron chi connectivity index (χ4n) is 2.62. The highest BCUT2D eigenvalue weighted by molar-refractivity contribution is 7.91. The fourth-order valence-corrected chi connectivity index (χ4v) is 5.49. The van der Waals surface area contributed by atoms with E-state index in [1.807, 2.05) is 0 Å². The molecule has 3 rings (SSSR count). The van der Waals surface area contributed by atoms with Gasteiger partial charge in [-0.3, -0.25) is 0 Å². The van der Waals surface area contributed by atoms with E-state index in [-0.39, 0.29) is 22.9 Å². The van der Waals surface area contributed by atoms with Crippen LogP contribution in [0.5, 0.6) is 5.75 Å². The number of nitrogens with zero attached hydrogens (tertiary/aromatic N) is 1. The summed E-state index contributed by atoms with van der Waals surface area (Å²) in [5, 5.41) is 11.6. The summed E-state index contributed by atoms with van der Waals surface area (Å²) in [4.78, 5) is 11.9. The van der Waals surface area contributed by atoms with Gasteiger partial charge in [0.2, 0.25) is 0 Å². The summed E-state index contributed by atoms with van der Waals surface area (Å²) in [6, 6.07) is 9.75. The molecule has 1 aromatic heterocycles. The fraction of sp³-hybridized carbons (Fsp3) is 0.278. The molecule has 27 heavy (non-hydrogen) atoms. The highest BCUT2D eigenvalue weighted by atomic mass is 32.2. The Bertz CT molecular complexity index is 940. The van der Waals surface area contributed by atoms with Crippen LogP contribution < -0.4 is 9.84 Å². The van der Waals surface area contributed by atoms with Crippen molar-refractivity contribution in [2.24, 2.45) is 0 Å². The van der Waals surface area contributed by atoms with Crippen molar-refractivity contribution in [2.45, 2.75) is 4.21 Å². The third-order valence-electron chi connectivity index (χ3n) is 4.06. The maximum atomic E-state index is 12.7. The summed E-state index contributed by atoms with van der Waals surface area (Å²) >= 11 is 0.913. The lowest BCUT2D eigenvalue weighted by Gasteiger charge is -2.25. The first-order valence-corrected chi connectivity index (χ1v) is 10.4. The number of thiophene rings is 1. The van der Waals surface area contributed by atoms with Gasteiger partial charge in [0.05, 0.1) is 26.3 Å². The molecule has 1 saturated heterocycles. The molecule has 0 unspecified atom stereocenters. The SMILES string of the molecule is COc1ccc(/C=C(/C(=O)[O-])c2ccc(S(=O)(=O)N3CCOCC3)s2)cc1. The molecule has 0 saturated carbocycles. The predicted molar refractivity (Wildman–Crippen MR) is 99.8 cm³/mol. The summed E-state index contributed by atoms with van der Waals surface area (Å²) in [5.74, 6) is -0.722. The molecular weight excluding hydrogens is 390 g/mol. The number of ether oxygens (including phenoxy) is 2. The van der Waals surface area contributed by atoms with Crippen molar-refractivity contribution in [3.8, 4) is 5.75 Å². The molecule has 0 amide bonds. The van der Waals surface area contributed by atoms with Crippen molar-refractivity contribution in [3.05, 3.63) is 46.8 Å². The van der Waals surface area contributed by atoms with Gasteiger partial charge in [-0.2, -0.15) is 4.31 Å². The number of sulfonamides is 1. The van der Waals surface area contributed by atoms with Crippen LogP contribution in [0.1, 0.15) is 10.4 Å². The van der Waals surface area contributed by atoms with Gasteiger partial charge in [-0.1, -0.05) is 12.1 Å². The maximum Gasteiger partial charge on any atom is 0.252 e. The van der Waals surface area contributed by atoms with Gasteiger partial charge >= 0.3 is 0 Å². The number of morpholine rings is 1. The summed E-state index contributed by atoms with van der Waals surface area (Å²) < 4.78 is 37.1. The predicted octanol–water partition coefficient (Wildman–Crippen LogP) is 1.07. The summed E-state index contributed by atoms with van der Waals surface area (Å²) in [6.07, 6.45) is 1.45. The molecular formula is C18H18NO6S2-. The second-order valence-electron chi connectivity index (χ2n) is 5.75. The highest BCUT2D eigenvalue weighted by Crippen LogP contribution is 2.31. The minimum absolute atomic E-state index is 0.0754. The molecule has 0 N–H and O–H groups in total. The topological polar surface area (TPSA) is 96.0 Å². The van der Waals surface area contributed by atoms with Gasteiger partial charge in [-0.15, -0.1) is 11.3 Å². The Morgan fingerprint density at radius 3 is 2.44 bits per heavy atom. The van der Waals surface area contributed by atoms with Crippen molar-refractivity contribution in [3.63, 3.8) is 0 Å². The molecule has 7 nitrogen and oxygen atoms in total. The number of methoxy groups -OCH3 is 1. The second kappa shape index (κ2) is 8.22. The summed E-state index contributed by atoms with van der Waals surface area (Å²) in [6.45, 7) is 1.26. The molecule has 1 aromatic carbocycles. The van der Waals surface area contributed by atoms with Crippen LogP contribution >= 0.6 is 11.3 Å². The number of carbonyl (C=O) groups is 1. The monoisotopic (exact) mass is 408 g/mol. The van der Waals surface area contributed by atoms with Crippen LogP contribution in [0.4, 0.5) is 0 Å². The van der Waals surface area contributed by atoms with Gasteiger partial charge in [-0.25, -0.2) is 8.42 Å². The van der Waals surface area contributed by atoms with E-state index in [9.17, 15) is 18.3 Å². The highest BCUT2D eigenvalue weighted by Gasteiger charge is 2.28. The van der Waals surface area contributed by atoms with Crippen molar-refractivity contribution in [1.82, 2.24) is 4.31 Å². The molecule has 1 fully saturated rings. The minimum atomic E-state index is -3.67. The summed E-state index contributed by atoms with van der Waals surface area (Å²) in [5.41, 5.74) is 0.564. The Morgan fingerprint density at radius 2 is 1.85 bits per heavy atom. The van der Waals surface area contributed by atoms with Gasteiger partial charge < -0.3 is 19.4 Å². The zero-order chi connectivity index (χ0) is 19.4. The zero-order valence-electron chi connectivity index (χ0n) is 14.6. The molecule has 1 aliphatic heterocycles. The van der Waals surface area contributed by atoms with Crippen LogP contribution in [0, 0.1) is 0 Å². The van der Waals surface area contributed by atoms with E-state index in [4.69, 9.17) is 9.47 Å². The quantitative estimate of drug-likeness (QED) is 0.664. The molecule has 144 valence electrons. The normalized spacial score (nSPS) is 16.3. The average Bonchev–Trinajstić information content (AvgIpc) is 3.17. The van der Waals surface area contributed by atoms with E-state index >= 15 is 0 Å². The number of carbonyl (C=O) groups excluding carboxylic acids is 1. The Labute approximate surface area is 161 Å². The number of carboxylic acids is 1. The third kappa shape index (κ3) is 4.38. The molecule has 2 heterocycles. The van der Waals surface area contributed by atoms with Crippen molar-refractivity contribution in [1.29, 1.82) is 0 Å². The number of aliphatic carboxylic acids is 1. The third-order valence-corrected chi connectivity index (χ3v) is 7.54. The molecule has 0 radical (unpaired) electrons. The smallest absolute Gasteiger partial charge is 0.252 e. The minimum Gasteiger partial charge on any atom is -0.545 e. The van der Waals surface area contributed by atoms with E-state index in [1.54, 1.807) is 31.4 Å². The van der Waals surface area contributed by atoms with Crippen LogP contribution in [0.15, 0.2) is 40.6 Å². The van der Waals surface area contributed by atoms with Crippen LogP contribution in [0.2, 0.25) is 0 Å². The lowest BCUT2D eigenvalue weighted by atomic mass is 10.1. The van der Waals surface area contributed by atoms with E-state index in [0.29, 0.717) is 29.4 Å². The first-order chi connectivity index (χ1) is 12.9. The summed E-state index contributed by atoms with van der Waals surface area (Å²) in [7, 11) is -2.13. The zero-order valence-corrected chi connectivity index (χ0v) is 16.2. The second-order valence-corrected chi connectivity index (χ2v) is 9.00. The maximum absolute atomic E-state index is 12.7. The van der Waals surface area contributed by atoms with Crippen LogP contribution in [0.25, 0.3) is 11.6 Å². The molecule has 0 aliphatic carbocycles. The Morgan fingerprint density at radius 1 is 1.19 bits per heavy atom. The Balaban J connectivity index is 1.91. The number of hydrogen-bond donors (Lipinski definition) is 0. The van der Waals surface area contributed by atoms with E-state index in [1.165, 1.54) is 22.5 Å². The van der Waals surface area contributed by atoms with Crippen LogP contribution in [0.3, 0.4) is 0 Å². The van der Waals surface area contributed by atoms with Gasteiger partial charge in [-0.05, 0) is 35.9 Å². The molecule has 0 bridgehead atoms. The molecule has 0 atom stereocenters. The van der Waals surface area contributed by atoms with Crippen LogP contribution in [-0.2, 0) is 19.6 Å². The number of benzene rings is 1. The standard InChI is InChI=1S/C18H19NO6S2/c1-24-14-4-2-13(3-5-14)12-15(18(20)21)16-6-7-17(26-16)27(22,23)19-8-10-25-11-9-19/h2-7,12H,8-11H2,1H3,(H,20,21)/p-1/b15-12+. The number of rotatable bonds is 6. The van der Waals surface area contributed by atoms with E-state index in [2.05, 4.69) is 0 Å². The Hall–Kier alpha value is -2.20. The van der Waals surface area contributed by atoms with E-state index < -0.39 is 16.0 Å². The lowest BCUT2D eigenvalue weighted by Crippen LogP contribution is -2.40. The first kappa shape index (κ1) is 19.6. The molecule has 1 aliphatic rings. The van der Waals surface area contributed by atoms with Crippen molar-refractivity contribution < 1.29 is 27.8 Å². The Kier molecular flexibility index (Phi) is 5.95. The van der Waals surface area contributed by atoms with Gasteiger partial charge in [0, 0.05) is 23.5 Å².